The molecule has 1 amide bonds. The number of rotatable bonds is 2. The summed E-state index contributed by atoms with van der Waals surface area (Å²) in [6.07, 6.45) is 6.34. The summed E-state index contributed by atoms with van der Waals surface area (Å²) in [5.41, 5.74) is 3.24. The van der Waals surface area contributed by atoms with Gasteiger partial charge in [0.15, 0.2) is 0 Å². The van der Waals surface area contributed by atoms with Crippen molar-refractivity contribution in [1.82, 2.24) is 14.9 Å². The quantitative estimate of drug-likeness (QED) is 0.697. The van der Waals surface area contributed by atoms with Crippen LogP contribution in [0.5, 0.6) is 0 Å². The fourth-order valence-electron chi connectivity index (χ4n) is 3.61. The second kappa shape index (κ2) is 7.20. The molecular formula is C21H20FN3O. The Labute approximate surface area is 151 Å². The number of benzene rings is 2. The van der Waals surface area contributed by atoms with Gasteiger partial charge in [-0.1, -0.05) is 18.6 Å². The van der Waals surface area contributed by atoms with E-state index in [1.807, 2.05) is 35.2 Å². The standard InChI is InChI=1S/C21H20FN3O/c22-18-7-4-15(5-8-18)17-3-1-2-12-25(14-17)21(26)16-6-9-19-20(13-16)24-11-10-23-19/h4-11,13,17H,1-3,12,14H2. The van der Waals surface area contributed by atoms with Crippen LogP contribution in [0.25, 0.3) is 11.0 Å². The molecule has 5 heteroatoms. The zero-order chi connectivity index (χ0) is 17.9. The van der Waals surface area contributed by atoms with Crippen LogP contribution in [0.3, 0.4) is 0 Å². The van der Waals surface area contributed by atoms with Gasteiger partial charge in [0.2, 0.25) is 0 Å². The summed E-state index contributed by atoms with van der Waals surface area (Å²) in [6, 6.07) is 12.1. The number of aromatic nitrogens is 2. The molecule has 1 aliphatic rings. The van der Waals surface area contributed by atoms with Gasteiger partial charge in [-0.3, -0.25) is 14.8 Å². The Kier molecular flexibility index (Phi) is 4.61. The monoisotopic (exact) mass is 349 g/mol. The molecule has 0 bridgehead atoms. The summed E-state index contributed by atoms with van der Waals surface area (Å²) in [4.78, 5) is 23.5. The number of hydrogen-bond donors (Lipinski definition) is 0. The minimum atomic E-state index is -0.229. The van der Waals surface area contributed by atoms with Crippen LogP contribution in [-0.4, -0.2) is 33.9 Å². The fourth-order valence-corrected chi connectivity index (χ4v) is 3.61. The maximum Gasteiger partial charge on any atom is 0.253 e. The summed E-state index contributed by atoms with van der Waals surface area (Å²) < 4.78 is 13.2. The number of halogens is 1. The van der Waals surface area contributed by atoms with Crippen LogP contribution < -0.4 is 0 Å². The molecule has 4 nitrogen and oxygen atoms in total. The minimum absolute atomic E-state index is 0.0200. The first-order valence-electron chi connectivity index (χ1n) is 8.96. The summed E-state index contributed by atoms with van der Waals surface area (Å²) in [5.74, 6) is 0.0291. The van der Waals surface area contributed by atoms with Crippen LogP contribution in [-0.2, 0) is 0 Å². The Balaban J connectivity index is 1.58. The van der Waals surface area contributed by atoms with Gasteiger partial charge in [0.1, 0.15) is 5.82 Å². The predicted molar refractivity (Wildman–Crippen MR) is 98.4 cm³/mol. The van der Waals surface area contributed by atoms with Crippen molar-refractivity contribution in [3.63, 3.8) is 0 Å². The van der Waals surface area contributed by atoms with Crippen LogP contribution in [0, 0.1) is 5.82 Å². The van der Waals surface area contributed by atoms with Crippen molar-refractivity contribution in [2.75, 3.05) is 13.1 Å². The molecule has 0 radical (unpaired) electrons. The molecule has 0 spiro atoms. The predicted octanol–water partition coefficient (Wildman–Crippen LogP) is 4.18. The number of carbonyl (C=O) groups excluding carboxylic acids is 1. The number of nitrogens with zero attached hydrogens (tertiary/aromatic N) is 3. The van der Waals surface area contributed by atoms with Crippen molar-refractivity contribution < 1.29 is 9.18 Å². The van der Waals surface area contributed by atoms with Crippen molar-refractivity contribution in [2.24, 2.45) is 0 Å². The Morgan fingerprint density at radius 1 is 1.00 bits per heavy atom. The Morgan fingerprint density at radius 3 is 2.58 bits per heavy atom. The highest BCUT2D eigenvalue weighted by molar-refractivity contribution is 5.97. The average Bonchev–Trinajstić information content (AvgIpc) is 2.94. The first kappa shape index (κ1) is 16.6. The number of hydrogen-bond acceptors (Lipinski definition) is 3. The molecule has 1 unspecified atom stereocenters. The lowest BCUT2D eigenvalue weighted by atomic mass is 9.94. The van der Waals surface area contributed by atoms with Gasteiger partial charge in [0.25, 0.3) is 5.91 Å². The van der Waals surface area contributed by atoms with E-state index in [2.05, 4.69) is 9.97 Å². The number of likely N-dealkylation sites (tertiary alicyclic amines) is 1. The molecule has 132 valence electrons. The van der Waals surface area contributed by atoms with E-state index in [1.165, 1.54) is 12.1 Å². The Hall–Kier alpha value is -2.82. The lowest BCUT2D eigenvalue weighted by molar-refractivity contribution is 0.0754. The molecule has 2 heterocycles. The van der Waals surface area contributed by atoms with Gasteiger partial charge in [-0.05, 0) is 48.7 Å². The molecular weight excluding hydrogens is 329 g/mol. The number of carbonyl (C=O) groups is 1. The van der Waals surface area contributed by atoms with Gasteiger partial charge < -0.3 is 4.90 Å². The normalized spacial score (nSPS) is 17.9. The van der Waals surface area contributed by atoms with E-state index >= 15 is 0 Å². The third-order valence-corrected chi connectivity index (χ3v) is 5.02. The topological polar surface area (TPSA) is 46.1 Å². The first-order valence-corrected chi connectivity index (χ1v) is 8.96. The maximum absolute atomic E-state index is 13.2. The summed E-state index contributed by atoms with van der Waals surface area (Å²) in [7, 11) is 0. The zero-order valence-electron chi connectivity index (χ0n) is 14.4. The SMILES string of the molecule is O=C(c1ccc2nccnc2c1)N1CCCCC(c2ccc(F)cc2)C1. The van der Waals surface area contributed by atoms with Gasteiger partial charge in [-0.15, -0.1) is 0 Å². The van der Waals surface area contributed by atoms with Gasteiger partial charge in [-0.25, -0.2) is 4.39 Å². The van der Waals surface area contributed by atoms with Crippen molar-refractivity contribution in [3.05, 3.63) is 71.8 Å². The first-order chi connectivity index (χ1) is 12.7. The zero-order valence-corrected chi connectivity index (χ0v) is 14.4. The molecule has 1 aliphatic heterocycles. The minimum Gasteiger partial charge on any atom is -0.338 e. The summed E-state index contributed by atoms with van der Waals surface area (Å²) in [5, 5.41) is 0. The van der Waals surface area contributed by atoms with E-state index in [9.17, 15) is 9.18 Å². The highest BCUT2D eigenvalue weighted by atomic mass is 19.1. The molecule has 3 aromatic rings. The largest absolute Gasteiger partial charge is 0.338 e. The van der Waals surface area contributed by atoms with Crippen LogP contribution in [0.15, 0.2) is 54.9 Å². The summed E-state index contributed by atoms with van der Waals surface area (Å²) >= 11 is 0. The Bertz CT molecular complexity index is 926. The van der Waals surface area contributed by atoms with Gasteiger partial charge >= 0.3 is 0 Å². The molecule has 0 aliphatic carbocycles. The third kappa shape index (κ3) is 3.43. The smallest absolute Gasteiger partial charge is 0.253 e. The third-order valence-electron chi connectivity index (χ3n) is 5.02. The second-order valence-electron chi connectivity index (χ2n) is 6.76. The van der Waals surface area contributed by atoms with Crippen molar-refractivity contribution >= 4 is 16.9 Å². The molecule has 1 fully saturated rings. The van der Waals surface area contributed by atoms with Crippen LogP contribution >= 0.6 is 0 Å². The van der Waals surface area contributed by atoms with E-state index in [1.54, 1.807) is 12.4 Å². The lowest BCUT2D eigenvalue weighted by Gasteiger charge is -2.25. The highest BCUT2D eigenvalue weighted by Gasteiger charge is 2.24. The van der Waals surface area contributed by atoms with Crippen LogP contribution in [0.4, 0.5) is 4.39 Å². The number of amides is 1. The van der Waals surface area contributed by atoms with E-state index in [0.29, 0.717) is 12.1 Å². The van der Waals surface area contributed by atoms with Gasteiger partial charge in [0, 0.05) is 37.0 Å². The van der Waals surface area contributed by atoms with Gasteiger partial charge in [0.05, 0.1) is 11.0 Å². The molecule has 1 saturated heterocycles. The van der Waals surface area contributed by atoms with Gasteiger partial charge in [-0.2, -0.15) is 0 Å². The maximum atomic E-state index is 13.2. The van der Waals surface area contributed by atoms with Crippen LogP contribution in [0.1, 0.15) is 41.1 Å². The van der Waals surface area contributed by atoms with E-state index in [-0.39, 0.29) is 17.6 Å². The van der Waals surface area contributed by atoms with Crippen molar-refractivity contribution in [3.8, 4) is 0 Å². The highest BCUT2D eigenvalue weighted by Crippen LogP contribution is 2.27. The molecule has 4 rings (SSSR count). The van der Waals surface area contributed by atoms with Crippen LogP contribution in [0.2, 0.25) is 0 Å². The molecule has 1 atom stereocenters. The average molecular weight is 349 g/mol. The number of fused-ring (bicyclic) bond motifs is 1. The van der Waals surface area contributed by atoms with E-state index < -0.39 is 0 Å². The molecule has 26 heavy (non-hydrogen) atoms. The summed E-state index contributed by atoms with van der Waals surface area (Å²) in [6.45, 7) is 1.40. The fraction of sp³-hybridized carbons (Fsp3) is 0.286. The lowest BCUT2D eigenvalue weighted by Crippen LogP contribution is -2.34. The van der Waals surface area contributed by atoms with E-state index in [4.69, 9.17) is 0 Å². The van der Waals surface area contributed by atoms with E-state index in [0.717, 1.165) is 42.4 Å². The molecule has 0 N–H and O–H groups in total. The van der Waals surface area contributed by atoms with Crippen molar-refractivity contribution in [2.45, 2.75) is 25.2 Å². The molecule has 0 saturated carbocycles. The second-order valence-corrected chi connectivity index (χ2v) is 6.76. The molecule has 2 aromatic carbocycles. The molecule has 1 aromatic heterocycles. The Morgan fingerprint density at radius 2 is 1.77 bits per heavy atom. The van der Waals surface area contributed by atoms with Crippen molar-refractivity contribution in [1.29, 1.82) is 0 Å².